The van der Waals surface area contributed by atoms with Crippen LogP contribution in [0.3, 0.4) is 0 Å². The maximum atomic E-state index is 12.7. The van der Waals surface area contributed by atoms with Crippen LogP contribution in [0.15, 0.2) is 47.4 Å². The number of rotatable bonds is 9. The molecule has 1 fully saturated rings. The lowest BCUT2D eigenvalue weighted by Gasteiger charge is -2.14. The summed E-state index contributed by atoms with van der Waals surface area (Å²) in [5.74, 6) is -1.36. The highest BCUT2D eigenvalue weighted by Crippen LogP contribution is 2.34. The van der Waals surface area contributed by atoms with E-state index in [0.717, 1.165) is 4.90 Å². The van der Waals surface area contributed by atoms with Gasteiger partial charge >= 0.3 is 5.97 Å². The zero-order chi connectivity index (χ0) is 24.0. The monoisotopic (exact) mass is 472 g/mol. The van der Waals surface area contributed by atoms with E-state index in [1.165, 1.54) is 26.4 Å². The van der Waals surface area contributed by atoms with Gasteiger partial charge in [-0.2, -0.15) is 0 Å². The molecule has 2 N–H and O–H groups in total. The minimum Gasteiger partial charge on any atom is -0.495 e. The molecule has 10 nitrogen and oxygen atoms in total. The Balaban J connectivity index is 1.71. The van der Waals surface area contributed by atoms with Gasteiger partial charge < -0.3 is 24.6 Å². The molecular formula is C22H20N2O8S. The maximum absolute atomic E-state index is 12.7. The zero-order valence-corrected chi connectivity index (χ0v) is 18.5. The van der Waals surface area contributed by atoms with Gasteiger partial charge in [-0.1, -0.05) is 18.2 Å². The molecule has 172 valence electrons. The Bertz CT molecular complexity index is 1130. The van der Waals surface area contributed by atoms with E-state index in [4.69, 9.17) is 19.3 Å². The van der Waals surface area contributed by atoms with Crippen molar-refractivity contribution in [3.05, 3.63) is 52.9 Å². The zero-order valence-electron chi connectivity index (χ0n) is 17.7. The van der Waals surface area contributed by atoms with Gasteiger partial charge in [0.05, 0.1) is 24.8 Å². The summed E-state index contributed by atoms with van der Waals surface area (Å²) in [4.78, 5) is 49.1. The molecule has 11 heteroatoms. The number of nitrogens with zero attached hydrogens (tertiary/aromatic N) is 1. The standard InChI is InChI=1S/C22H20N2O8S/c1-30-15-6-4-3-5-14(15)23-19(25)11-24-21(28)18(33-22(24)29)10-13-7-8-16(17(9-13)31-2)32-12-20(26)27/h3-10H,11-12H2,1-2H3,(H,23,25)(H,26,27)/b18-10+. The summed E-state index contributed by atoms with van der Waals surface area (Å²) in [6, 6.07) is 11.4. The first-order chi connectivity index (χ1) is 15.8. The van der Waals surface area contributed by atoms with Crippen LogP contribution in [0.1, 0.15) is 5.56 Å². The molecule has 0 spiro atoms. The number of methoxy groups -OCH3 is 2. The van der Waals surface area contributed by atoms with Gasteiger partial charge in [0, 0.05) is 0 Å². The number of thioether (sulfide) groups is 1. The normalized spacial score (nSPS) is 14.4. The molecule has 0 aliphatic carbocycles. The van der Waals surface area contributed by atoms with Gasteiger partial charge in [0.15, 0.2) is 18.1 Å². The molecule has 1 saturated heterocycles. The molecule has 1 heterocycles. The largest absolute Gasteiger partial charge is 0.495 e. The fourth-order valence-corrected chi connectivity index (χ4v) is 3.74. The molecule has 0 saturated carbocycles. The van der Waals surface area contributed by atoms with Crippen LogP contribution in [0.25, 0.3) is 6.08 Å². The summed E-state index contributed by atoms with van der Waals surface area (Å²) < 4.78 is 15.5. The molecule has 33 heavy (non-hydrogen) atoms. The van der Waals surface area contributed by atoms with Crippen molar-refractivity contribution in [2.45, 2.75) is 0 Å². The van der Waals surface area contributed by atoms with E-state index in [1.807, 2.05) is 0 Å². The van der Waals surface area contributed by atoms with Crippen LogP contribution in [-0.2, 0) is 14.4 Å². The van der Waals surface area contributed by atoms with Gasteiger partial charge in [-0.3, -0.25) is 19.3 Å². The first-order valence-corrected chi connectivity index (χ1v) is 10.3. The van der Waals surface area contributed by atoms with E-state index in [-0.39, 0.29) is 16.4 Å². The van der Waals surface area contributed by atoms with Crippen LogP contribution in [0.5, 0.6) is 17.2 Å². The van der Waals surface area contributed by atoms with Crippen molar-refractivity contribution in [1.29, 1.82) is 0 Å². The fraction of sp³-hybridized carbons (Fsp3) is 0.182. The Hall–Kier alpha value is -3.99. The molecule has 0 aromatic heterocycles. The lowest BCUT2D eigenvalue weighted by atomic mass is 10.2. The van der Waals surface area contributed by atoms with Gasteiger partial charge in [0.1, 0.15) is 12.3 Å². The van der Waals surface area contributed by atoms with Crippen molar-refractivity contribution in [2.24, 2.45) is 0 Å². The molecule has 0 atom stereocenters. The van der Waals surface area contributed by atoms with E-state index >= 15 is 0 Å². The van der Waals surface area contributed by atoms with Crippen LogP contribution >= 0.6 is 11.8 Å². The number of carboxylic acids is 1. The second-order valence-corrected chi connectivity index (χ2v) is 7.60. The molecule has 1 aliphatic rings. The van der Waals surface area contributed by atoms with Crippen molar-refractivity contribution in [2.75, 3.05) is 32.7 Å². The number of amides is 3. The molecule has 0 bridgehead atoms. The van der Waals surface area contributed by atoms with Crippen LogP contribution in [-0.4, -0.2) is 60.4 Å². The van der Waals surface area contributed by atoms with Crippen molar-refractivity contribution >= 4 is 46.5 Å². The number of benzene rings is 2. The number of carbonyl (C=O) groups excluding carboxylic acids is 3. The van der Waals surface area contributed by atoms with Gasteiger partial charge in [-0.05, 0) is 47.7 Å². The van der Waals surface area contributed by atoms with Gasteiger partial charge in [0.2, 0.25) is 5.91 Å². The van der Waals surface area contributed by atoms with Crippen molar-refractivity contribution in [3.8, 4) is 17.2 Å². The summed E-state index contributed by atoms with van der Waals surface area (Å²) >= 11 is 0.708. The molecule has 0 radical (unpaired) electrons. The summed E-state index contributed by atoms with van der Waals surface area (Å²) in [6.07, 6.45) is 1.48. The van der Waals surface area contributed by atoms with Crippen LogP contribution in [0.4, 0.5) is 10.5 Å². The number of para-hydroxylation sites is 2. The number of imide groups is 1. The molecule has 1 aliphatic heterocycles. The third kappa shape index (κ3) is 5.83. The molecule has 2 aromatic rings. The van der Waals surface area contributed by atoms with E-state index in [1.54, 1.807) is 36.4 Å². The average molecular weight is 472 g/mol. The van der Waals surface area contributed by atoms with Crippen LogP contribution in [0.2, 0.25) is 0 Å². The Morgan fingerprint density at radius 1 is 1.06 bits per heavy atom. The number of hydrogen-bond donors (Lipinski definition) is 2. The number of ether oxygens (including phenoxy) is 3. The van der Waals surface area contributed by atoms with Gasteiger partial charge in [0.25, 0.3) is 11.1 Å². The van der Waals surface area contributed by atoms with E-state index in [0.29, 0.717) is 28.8 Å². The lowest BCUT2D eigenvalue weighted by Crippen LogP contribution is -2.36. The summed E-state index contributed by atoms with van der Waals surface area (Å²) in [5, 5.41) is 10.8. The molecule has 3 amide bonds. The Labute approximate surface area is 193 Å². The number of nitrogens with one attached hydrogen (secondary N) is 1. The van der Waals surface area contributed by atoms with Gasteiger partial charge in [-0.25, -0.2) is 4.79 Å². The summed E-state index contributed by atoms with van der Waals surface area (Å²) in [6.45, 7) is -0.989. The minimum absolute atomic E-state index is 0.131. The summed E-state index contributed by atoms with van der Waals surface area (Å²) in [5.41, 5.74) is 0.948. The highest BCUT2D eigenvalue weighted by Gasteiger charge is 2.36. The Morgan fingerprint density at radius 3 is 2.48 bits per heavy atom. The van der Waals surface area contributed by atoms with E-state index in [2.05, 4.69) is 5.32 Å². The second-order valence-electron chi connectivity index (χ2n) is 6.61. The van der Waals surface area contributed by atoms with Crippen LogP contribution < -0.4 is 19.5 Å². The fourth-order valence-electron chi connectivity index (χ4n) is 2.90. The first-order valence-electron chi connectivity index (χ1n) is 9.53. The third-order valence-electron chi connectivity index (χ3n) is 4.39. The Morgan fingerprint density at radius 2 is 1.79 bits per heavy atom. The predicted octanol–water partition coefficient (Wildman–Crippen LogP) is 2.84. The summed E-state index contributed by atoms with van der Waals surface area (Å²) in [7, 11) is 2.85. The molecule has 0 unspecified atom stereocenters. The SMILES string of the molecule is COc1ccccc1NC(=O)CN1C(=O)S/C(=C/c2ccc(OCC(=O)O)c(OC)c2)C1=O. The quantitative estimate of drug-likeness (QED) is 0.529. The highest BCUT2D eigenvalue weighted by molar-refractivity contribution is 8.18. The lowest BCUT2D eigenvalue weighted by molar-refractivity contribution is -0.139. The first kappa shape index (κ1) is 23.7. The molecule has 3 rings (SSSR count). The van der Waals surface area contributed by atoms with Crippen molar-refractivity contribution in [1.82, 2.24) is 4.90 Å². The van der Waals surface area contributed by atoms with Crippen molar-refractivity contribution < 1.29 is 38.5 Å². The minimum atomic E-state index is -1.13. The van der Waals surface area contributed by atoms with E-state index in [9.17, 15) is 19.2 Å². The van der Waals surface area contributed by atoms with Gasteiger partial charge in [-0.15, -0.1) is 0 Å². The average Bonchev–Trinajstić information content (AvgIpc) is 3.05. The maximum Gasteiger partial charge on any atom is 0.341 e. The highest BCUT2D eigenvalue weighted by atomic mass is 32.2. The third-order valence-corrected chi connectivity index (χ3v) is 5.30. The number of hydrogen-bond acceptors (Lipinski definition) is 8. The number of carbonyl (C=O) groups is 4. The molecular weight excluding hydrogens is 452 g/mol. The topological polar surface area (TPSA) is 131 Å². The Kier molecular flexibility index (Phi) is 7.57. The van der Waals surface area contributed by atoms with E-state index < -0.39 is 36.2 Å². The molecule has 2 aromatic carbocycles. The predicted molar refractivity (Wildman–Crippen MR) is 120 cm³/mol. The van der Waals surface area contributed by atoms with Crippen molar-refractivity contribution in [3.63, 3.8) is 0 Å². The number of aliphatic carboxylic acids is 1. The van der Waals surface area contributed by atoms with Crippen LogP contribution in [0, 0.1) is 0 Å². The number of carboxylic acid groups (broad SMARTS) is 1. The smallest absolute Gasteiger partial charge is 0.341 e. The second kappa shape index (κ2) is 10.6. The number of anilines is 1.